The lowest BCUT2D eigenvalue weighted by Gasteiger charge is -2.12. The fourth-order valence-electron chi connectivity index (χ4n) is 2.40. The van der Waals surface area contributed by atoms with Gasteiger partial charge in [0.2, 0.25) is 5.91 Å². The number of fused-ring (bicyclic) bond motifs is 1. The number of hydrogen-bond acceptors (Lipinski definition) is 5. The molecular weight excluding hydrogens is 270 g/mol. The number of nitrogens with one attached hydrogen (secondary N) is 1. The van der Waals surface area contributed by atoms with Gasteiger partial charge in [-0.2, -0.15) is 9.61 Å². The maximum Gasteiger partial charge on any atom is 0.232 e. The third kappa shape index (κ3) is 2.26. The molecule has 7 nitrogen and oxygen atoms in total. The van der Waals surface area contributed by atoms with Crippen LogP contribution in [0.4, 0.5) is 5.82 Å². The van der Waals surface area contributed by atoms with E-state index in [-0.39, 0.29) is 11.8 Å². The van der Waals surface area contributed by atoms with Crippen molar-refractivity contribution in [3.8, 4) is 0 Å². The molecule has 0 aliphatic carbocycles. The molecule has 7 heteroatoms. The molecule has 0 fully saturated rings. The molecule has 0 aliphatic rings. The van der Waals surface area contributed by atoms with Crippen molar-refractivity contribution in [2.75, 3.05) is 5.32 Å². The molecule has 0 aromatic carbocycles. The highest BCUT2D eigenvalue weighted by molar-refractivity contribution is 5.95. The molecule has 1 atom stereocenters. The molecule has 3 aromatic heterocycles. The van der Waals surface area contributed by atoms with Gasteiger partial charge < -0.3 is 9.84 Å². The van der Waals surface area contributed by atoms with Crippen molar-refractivity contribution < 1.29 is 9.32 Å². The molecule has 3 heterocycles. The van der Waals surface area contributed by atoms with Crippen LogP contribution in [0.15, 0.2) is 29.0 Å². The monoisotopic (exact) mass is 285 g/mol. The molecule has 108 valence electrons. The van der Waals surface area contributed by atoms with E-state index < -0.39 is 0 Å². The van der Waals surface area contributed by atoms with Crippen LogP contribution < -0.4 is 5.32 Å². The SMILES string of the molecule is Cc1noc(C)c1C(C)C(=O)Nc1ccnc2ccnn12. The number of carbonyl (C=O) groups is 1. The molecule has 1 unspecified atom stereocenters. The number of rotatable bonds is 3. The van der Waals surface area contributed by atoms with Crippen LogP contribution in [0.1, 0.15) is 29.9 Å². The van der Waals surface area contributed by atoms with E-state index in [0.717, 1.165) is 11.3 Å². The normalized spacial score (nSPS) is 12.5. The van der Waals surface area contributed by atoms with Gasteiger partial charge in [-0.1, -0.05) is 5.16 Å². The minimum atomic E-state index is -0.366. The van der Waals surface area contributed by atoms with Crippen LogP contribution in [0.25, 0.3) is 5.65 Å². The molecule has 0 saturated heterocycles. The summed E-state index contributed by atoms with van der Waals surface area (Å²) in [6.45, 7) is 5.45. The number of anilines is 1. The summed E-state index contributed by atoms with van der Waals surface area (Å²) >= 11 is 0. The number of hydrogen-bond donors (Lipinski definition) is 1. The average Bonchev–Trinajstić information content (AvgIpc) is 3.06. The van der Waals surface area contributed by atoms with Gasteiger partial charge >= 0.3 is 0 Å². The highest BCUT2D eigenvalue weighted by Crippen LogP contribution is 2.24. The first kappa shape index (κ1) is 13.3. The van der Waals surface area contributed by atoms with Gasteiger partial charge in [-0.3, -0.25) is 4.79 Å². The van der Waals surface area contributed by atoms with Crippen molar-refractivity contribution in [3.05, 3.63) is 41.5 Å². The van der Waals surface area contributed by atoms with Gasteiger partial charge in [0.1, 0.15) is 11.6 Å². The Morgan fingerprint density at radius 2 is 2.14 bits per heavy atom. The Labute approximate surface area is 121 Å². The lowest BCUT2D eigenvalue weighted by atomic mass is 9.99. The fraction of sp³-hybridized carbons (Fsp3) is 0.286. The second kappa shape index (κ2) is 5.01. The first-order valence-corrected chi connectivity index (χ1v) is 6.60. The van der Waals surface area contributed by atoms with Crippen molar-refractivity contribution in [2.45, 2.75) is 26.7 Å². The van der Waals surface area contributed by atoms with Crippen LogP contribution in [0, 0.1) is 13.8 Å². The summed E-state index contributed by atoms with van der Waals surface area (Å²) in [6.07, 6.45) is 3.27. The maximum absolute atomic E-state index is 12.4. The van der Waals surface area contributed by atoms with Crippen LogP contribution in [-0.4, -0.2) is 25.7 Å². The van der Waals surface area contributed by atoms with Crippen LogP contribution in [0.5, 0.6) is 0 Å². The number of amides is 1. The molecule has 0 aliphatic heterocycles. The zero-order valence-corrected chi connectivity index (χ0v) is 12.0. The Morgan fingerprint density at radius 1 is 1.33 bits per heavy atom. The molecule has 0 radical (unpaired) electrons. The number of carbonyl (C=O) groups excluding carboxylic acids is 1. The summed E-state index contributed by atoms with van der Waals surface area (Å²) in [5, 5.41) is 10.9. The molecule has 1 amide bonds. The molecule has 1 N–H and O–H groups in total. The van der Waals surface area contributed by atoms with Crippen LogP contribution in [0.3, 0.4) is 0 Å². The van der Waals surface area contributed by atoms with E-state index in [1.165, 1.54) is 0 Å². The van der Waals surface area contributed by atoms with Crippen molar-refractivity contribution in [1.82, 2.24) is 19.8 Å². The van der Waals surface area contributed by atoms with Crippen molar-refractivity contribution in [3.63, 3.8) is 0 Å². The van der Waals surface area contributed by atoms with Gasteiger partial charge in [0.25, 0.3) is 0 Å². The third-order valence-corrected chi connectivity index (χ3v) is 3.46. The van der Waals surface area contributed by atoms with Gasteiger partial charge in [0.05, 0.1) is 17.8 Å². The Balaban J connectivity index is 1.88. The van der Waals surface area contributed by atoms with E-state index in [4.69, 9.17) is 4.52 Å². The third-order valence-electron chi connectivity index (χ3n) is 3.46. The van der Waals surface area contributed by atoms with Crippen LogP contribution in [0.2, 0.25) is 0 Å². The van der Waals surface area contributed by atoms with E-state index in [1.54, 1.807) is 36.0 Å². The summed E-state index contributed by atoms with van der Waals surface area (Å²) in [4.78, 5) is 16.6. The smallest absolute Gasteiger partial charge is 0.232 e. The Bertz CT molecular complexity index is 785. The summed E-state index contributed by atoms with van der Waals surface area (Å²) in [6, 6.07) is 3.48. The minimum Gasteiger partial charge on any atom is -0.361 e. The molecule has 0 saturated carbocycles. The highest BCUT2D eigenvalue weighted by atomic mass is 16.5. The second-order valence-electron chi connectivity index (χ2n) is 4.88. The summed E-state index contributed by atoms with van der Waals surface area (Å²) in [7, 11) is 0. The van der Waals surface area contributed by atoms with Gasteiger partial charge in [-0.15, -0.1) is 0 Å². The highest BCUT2D eigenvalue weighted by Gasteiger charge is 2.23. The number of nitrogens with zero attached hydrogens (tertiary/aromatic N) is 4. The molecule has 3 rings (SSSR count). The minimum absolute atomic E-state index is 0.146. The Morgan fingerprint density at radius 3 is 2.86 bits per heavy atom. The molecule has 21 heavy (non-hydrogen) atoms. The predicted octanol–water partition coefficient (Wildman–Crippen LogP) is 2.08. The topological polar surface area (TPSA) is 85.3 Å². The van der Waals surface area contributed by atoms with Crippen LogP contribution >= 0.6 is 0 Å². The standard InChI is InChI=1S/C14H15N5O2/c1-8(13-9(2)18-21-10(13)3)14(20)17-12-4-6-15-11-5-7-16-19(11)12/h4-8H,1-3H3,(H,17,20). The quantitative estimate of drug-likeness (QED) is 0.796. The maximum atomic E-state index is 12.4. The van der Waals surface area contributed by atoms with Gasteiger partial charge in [-0.05, 0) is 26.8 Å². The van der Waals surface area contributed by atoms with Gasteiger partial charge in [0.15, 0.2) is 5.65 Å². The van der Waals surface area contributed by atoms with E-state index in [1.807, 2.05) is 13.8 Å². The Kier molecular flexibility index (Phi) is 3.17. The van der Waals surface area contributed by atoms with Crippen LogP contribution in [-0.2, 0) is 4.79 Å². The van der Waals surface area contributed by atoms with Crippen molar-refractivity contribution in [2.24, 2.45) is 0 Å². The lowest BCUT2D eigenvalue weighted by molar-refractivity contribution is -0.117. The van der Waals surface area contributed by atoms with E-state index in [2.05, 4.69) is 20.6 Å². The first-order valence-electron chi connectivity index (χ1n) is 6.60. The molecular formula is C14H15N5O2. The molecule has 0 bridgehead atoms. The summed E-state index contributed by atoms with van der Waals surface area (Å²) in [5.74, 6) is 0.727. The Hall–Kier alpha value is -2.70. The largest absolute Gasteiger partial charge is 0.361 e. The fourth-order valence-corrected chi connectivity index (χ4v) is 2.40. The average molecular weight is 285 g/mol. The zero-order chi connectivity index (χ0) is 15.0. The first-order chi connectivity index (χ1) is 10.1. The molecule has 3 aromatic rings. The van der Waals surface area contributed by atoms with E-state index in [9.17, 15) is 4.79 Å². The van der Waals surface area contributed by atoms with E-state index in [0.29, 0.717) is 17.2 Å². The van der Waals surface area contributed by atoms with Crippen molar-refractivity contribution >= 4 is 17.4 Å². The van der Waals surface area contributed by atoms with E-state index >= 15 is 0 Å². The predicted molar refractivity (Wildman–Crippen MR) is 76.0 cm³/mol. The molecule has 0 spiro atoms. The second-order valence-corrected chi connectivity index (χ2v) is 4.88. The van der Waals surface area contributed by atoms with Crippen molar-refractivity contribution in [1.29, 1.82) is 0 Å². The number of aryl methyl sites for hydroxylation is 2. The summed E-state index contributed by atoms with van der Waals surface area (Å²) in [5.41, 5.74) is 2.23. The van der Waals surface area contributed by atoms with Gasteiger partial charge in [0, 0.05) is 17.8 Å². The number of aromatic nitrogens is 4. The lowest BCUT2D eigenvalue weighted by Crippen LogP contribution is -2.21. The summed E-state index contributed by atoms with van der Waals surface area (Å²) < 4.78 is 6.70. The van der Waals surface area contributed by atoms with Gasteiger partial charge in [-0.25, -0.2) is 4.98 Å². The zero-order valence-electron chi connectivity index (χ0n) is 12.0.